The Morgan fingerprint density at radius 3 is 2.25 bits per heavy atom. The van der Waals surface area contributed by atoms with Crippen LogP contribution in [0, 0.1) is 0 Å². The molecule has 1 unspecified atom stereocenters. The van der Waals surface area contributed by atoms with Crippen molar-refractivity contribution < 1.29 is 4.74 Å². The van der Waals surface area contributed by atoms with Gasteiger partial charge in [-0.15, -0.1) is 0 Å². The second-order valence-electron chi connectivity index (χ2n) is 5.45. The normalized spacial score (nSPS) is 14.8. The van der Waals surface area contributed by atoms with Crippen LogP contribution in [0.3, 0.4) is 0 Å². The lowest BCUT2D eigenvalue weighted by atomic mass is 9.98. The summed E-state index contributed by atoms with van der Waals surface area (Å²) in [5.74, 6) is 0. The molecule has 0 fully saturated rings. The predicted molar refractivity (Wildman–Crippen MR) is 70.9 cm³/mol. The molecule has 3 heteroatoms. The van der Waals surface area contributed by atoms with E-state index in [0.717, 1.165) is 19.6 Å². The summed E-state index contributed by atoms with van der Waals surface area (Å²) in [6.45, 7) is 12.9. The van der Waals surface area contributed by atoms with Gasteiger partial charge in [0, 0.05) is 31.3 Å². The van der Waals surface area contributed by atoms with Crippen molar-refractivity contribution in [2.24, 2.45) is 0 Å². The van der Waals surface area contributed by atoms with Gasteiger partial charge in [0.25, 0.3) is 0 Å². The topological polar surface area (TPSA) is 24.5 Å². The Morgan fingerprint density at radius 2 is 1.88 bits per heavy atom. The van der Waals surface area contributed by atoms with Crippen LogP contribution in [-0.2, 0) is 4.74 Å². The van der Waals surface area contributed by atoms with Crippen molar-refractivity contribution in [2.75, 3.05) is 27.3 Å². The molecule has 0 radical (unpaired) electrons. The van der Waals surface area contributed by atoms with Crippen molar-refractivity contribution >= 4 is 0 Å². The lowest BCUT2D eigenvalue weighted by Crippen LogP contribution is -2.53. The number of likely N-dealkylation sites (N-methyl/N-ethyl adjacent to an activating group) is 1. The fourth-order valence-corrected chi connectivity index (χ4v) is 1.62. The lowest BCUT2D eigenvalue weighted by Gasteiger charge is -2.41. The van der Waals surface area contributed by atoms with Crippen molar-refractivity contribution in [3.63, 3.8) is 0 Å². The number of hydrogen-bond acceptors (Lipinski definition) is 3. The van der Waals surface area contributed by atoms with E-state index in [1.807, 2.05) is 0 Å². The van der Waals surface area contributed by atoms with E-state index in [1.165, 1.54) is 0 Å². The Hall–Kier alpha value is -0.120. The number of nitrogens with zero attached hydrogens (tertiary/aromatic N) is 1. The van der Waals surface area contributed by atoms with Gasteiger partial charge < -0.3 is 10.1 Å². The van der Waals surface area contributed by atoms with Gasteiger partial charge >= 0.3 is 0 Å². The summed E-state index contributed by atoms with van der Waals surface area (Å²) in [6.07, 6.45) is 1.14. The minimum Gasteiger partial charge on any atom is -0.383 e. The number of rotatable bonds is 8. The summed E-state index contributed by atoms with van der Waals surface area (Å²) in [4.78, 5) is 2.42. The van der Waals surface area contributed by atoms with Crippen molar-refractivity contribution in [1.82, 2.24) is 10.2 Å². The van der Waals surface area contributed by atoms with Gasteiger partial charge in [0.15, 0.2) is 0 Å². The van der Waals surface area contributed by atoms with Gasteiger partial charge in [-0.3, -0.25) is 4.90 Å². The fraction of sp³-hybridized carbons (Fsp3) is 1.00. The first-order chi connectivity index (χ1) is 7.35. The van der Waals surface area contributed by atoms with Gasteiger partial charge in [0.2, 0.25) is 0 Å². The molecule has 1 atom stereocenters. The average molecular weight is 230 g/mol. The molecule has 0 aliphatic heterocycles. The zero-order valence-corrected chi connectivity index (χ0v) is 12.1. The number of hydrogen-bond donors (Lipinski definition) is 1. The number of methoxy groups -OCH3 is 1. The maximum atomic E-state index is 5.32. The summed E-state index contributed by atoms with van der Waals surface area (Å²) in [7, 11) is 3.96. The Morgan fingerprint density at radius 1 is 1.31 bits per heavy atom. The fourth-order valence-electron chi connectivity index (χ4n) is 1.62. The summed E-state index contributed by atoms with van der Waals surface area (Å²) in [6, 6.07) is 0.958. The molecular weight excluding hydrogens is 200 g/mol. The zero-order chi connectivity index (χ0) is 12.8. The largest absolute Gasteiger partial charge is 0.383 e. The van der Waals surface area contributed by atoms with Crippen LogP contribution in [0.2, 0.25) is 0 Å². The van der Waals surface area contributed by atoms with Gasteiger partial charge in [-0.1, -0.05) is 20.8 Å². The van der Waals surface area contributed by atoms with Gasteiger partial charge in [-0.05, 0) is 27.3 Å². The molecule has 0 aromatic rings. The molecule has 0 aliphatic rings. The van der Waals surface area contributed by atoms with Crippen LogP contribution in [0.1, 0.15) is 41.0 Å². The predicted octanol–water partition coefficient (Wildman–Crippen LogP) is 2.12. The summed E-state index contributed by atoms with van der Waals surface area (Å²) in [5, 5.41) is 3.49. The molecule has 0 amide bonds. The van der Waals surface area contributed by atoms with E-state index in [0.29, 0.717) is 12.1 Å². The molecule has 98 valence electrons. The lowest BCUT2D eigenvalue weighted by molar-refractivity contribution is 0.0409. The van der Waals surface area contributed by atoms with Crippen LogP contribution in [0.4, 0.5) is 0 Å². The molecule has 0 spiro atoms. The first kappa shape index (κ1) is 15.9. The van der Waals surface area contributed by atoms with Crippen molar-refractivity contribution in [1.29, 1.82) is 0 Å². The highest BCUT2D eigenvalue weighted by atomic mass is 16.5. The van der Waals surface area contributed by atoms with Crippen LogP contribution < -0.4 is 5.32 Å². The first-order valence-corrected chi connectivity index (χ1v) is 6.30. The van der Waals surface area contributed by atoms with Crippen LogP contribution in [0.25, 0.3) is 0 Å². The van der Waals surface area contributed by atoms with E-state index < -0.39 is 0 Å². The molecule has 1 N–H and O–H groups in total. The Kier molecular flexibility index (Phi) is 7.20. The van der Waals surface area contributed by atoms with Crippen LogP contribution in [-0.4, -0.2) is 49.8 Å². The molecular formula is C13H30N2O. The Bertz CT molecular complexity index is 181. The van der Waals surface area contributed by atoms with E-state index in [1.54, 1.807) is 7.11 Å². The molecule has 0 aliphatic carbocycles. The van der Waals surface area contributed by atoms with Crippen LogP contribution in [0.15, 0.2) is 0 Å². The molecule has 0 aromatic carbocycles. The summed E-state index contributed by atoms with van der Waals surface area (Å²) >= 11 is 0. The zero-order valence-electron chi connectivity index (χ0n) is 12.1. The molecule has 0 saturated carbocycles. The van der Waals surface area contributed by atoms with Gasteiger partial charge in [0.05, 0.1) is 6.61 Å². The van der Waals surface area contributed by atoms with Gasteiger partial charge in [-0.25, -0.2) is 0 Å². The van der Waals surface area contributed by atoms with E-state index in [-0.39, 0.29) is 5.54 Å². The van der Waals surface area contributed by atoms with Crippen LogP contribution >= 0.6 is 0 Å². The quantitative estimate of drug-likeness (QED) is 0.691. The van der Waals surface area contributed by atoms with Gasteiger partial charge in [-0.2, -0.15) is 0 Å². The third kappa shape index (κ3) is 5.28. The third-order valence-electron chi connectivity index (χ3n) is 3.49. The van der Waals surface area contributed by atoms with E-state index >= 15 is 0 Å². The monoisotopic (exact) mass is 230 g/mol. The maximum Gasteiger partial charge on any atom is 0.0630 e. The van der Waals surface area contributed by atoms with Crippen molar-refractivity contribution in [3.05, 3.63) is 0 Å². The van der Waals surface area contributed by atoms with E-state index in [2.05, 4.69) is 51.9 Å². The van der Waals surface area contributed by atoms with E-state index in [4.69, 9.17) is 4.74 Å². The minimum atomic E-state index is 0.224. The molecule has 0 bridgehead atoms. The summed E-state index contributed by atoms with van der Waals surface area (Å²) < 4.78 is 5.32. The number of ether oxygens (including phenoxy) is 1. The SMILES string of the molecule is CCC(C)(C)N(C)C(CNC(C)C)COC. The standard InChI is InChI=1S/C13H30N2O/c1-8-13(4,5)15(6)12(10-16-7)9-14-11(2)3/h11-12,14H,8-10H2,1-7H3. The molecule has 0 rings (SSSR count). The third-order valence-corrected chi connectivity index (χ3v) is 3.49. The van der Waals surface area contributed by atoms with E-state index in [9.17, 15) is 0 Å². The second kappa shape index (κ2) is 7.25. The van der Waals surface area contributed by atoms with Crippen LogP contribution in [0.5, 0.6) is 0 Å². The molecule has 16 heavy (non-hydrogen) atoms. The highest BCUT2D eigenvalue weighted by Crippen LogP contribution is 2.19. The van der Waals surface area contributed by atoms with Crippen molar-refractivity contribution in [3.8, 4) is 0 Å². The average Bonchev–Trinajstić information content (AvgIpc) is 2.22. The molecule has 0 saturated heterocycles. The Balaban J connectivity index is 4.39. The second-order valence-corrected chi connectivity index (χ2v) is 5.45. The molecule has 3 nitrogen and oxygen atoms in total. The van der Waals surface area contributed by atoms with Gasteiger partial charge in [0.1, 0.15) is 0 Å². The first-order valence-electron chi connectivity index (χ1n) is 6.30. The maximum absolute atomic E-state index is 5.32. The highest BCUT2D eigenvalue weighted by Gasteiger charge is 2.27. The highest BCUT2D eigenvalue weighted by molar-refractivity contribution is 4.84. The smallest absolute Gasteiger partial charge is 0.0630 e. The number of nitrogens with one attached hydrogen (secondary N) is 1. The summed E-state index contributed by atoms with van der Waals surface area (Å²) in [5.41, 5.74) is 0.224. The molecule has 0 aromatic heterocycles. The van der Waals surface area contributed by atoms with Crippen molar-refractivity contribution in [2.45, 2.75) is 58.7 Å². The molecule has 0 heterocycles. The Labute approximate surface area is 102 Å². The minimum absolute atomic E-state index is 0.224.